The summed E-state index contributed by atoms with van der Waals surface area (Å²) in [4.78, 5) is 13.5. The molecule has 1 fully saturated rings. The fourth-order valence-corrected chi connectivity index (χ4v) is 3.27. The Morgan fingerprint density at radius 1 is 1.32 bits per heavy atom. The number of carbonyl (C=O) groups is 1. The van der Waals surface area contributed by atoms with Crippen molar-refractivity contribution in [3.63, 3.8) is 0 Å². The molecule has 0 unspecified atom stereocenters. The third-order valence-electron chi connectivity index (χ3n) is 3.37. The van der Waals surface area contributed by atoms with E-state index in [0.29, 0.717) is 30.1 Å². The lowest BCUT2D eigenvalue weighted by Crippen LogP contribution is -2.25. The molecule has 1 amide bonds. The number of hydrogen-bond acceptors (Lipinski definition) is 5. The molecule has 1 aromatic rings. The second kappa shape index (κ2) is 6.97. The Morgan fingerprint density at radius 2 is 2.09 bits per heavy atom. The van der Waals surface area contributed by atoms with Crippen LogP contribution in [0.15, 0.2) is 18.2 Å². The zero-order valence-electron chi connectivity index (χ0n) is 12.7. The molecule has 1 N–H and O–H groups in total. The van der Waals surface area contributed by atoms with Crippen LogP contribution in [-0.2, 0) is 19.6 Å². The lowest BCUT2D eigenvalue weighted by Gasteiger charge is -2.20. The van der Waals surface area contributed by atoms with E-state index in [1.165, 1.54) is 14.2 Å². The smallest absolute Gasteiger partial charge is 0.235 e. The quantitative estimate of drug-likeness (QED) is 0.813. The van der Waals surface area contributed by atoms with Crippen LogP contribution in [-0.4, -0.2) is 47.4 Å². The molecule has 1 aliphatic heterocycles. The molecule has 122 valence electrons. The van der Waals surface area contributed by atoms with Gasteiger partial charge in [-0.15, -0.1) is 0 Å². The van der Waals surface area contributed by atoms with Crippen molar-refractivity contribution in [1.82, 2.24) is 0 Å². The lowest BCUT2D eigenvalue weighted by atomic mass is 10.2. The molecule has 22 heavy (non-hydrogen) atoms. The van der Waals surface area contributed by atoms with Crippen LogP contribution < -0.4 is 14.4 Å². The van der Waals surface area contributed by atoms with Gasteiger partial charge in [0.2, 0.25) is 15.9 Å². The first kappa shape index (κ1) is 16.6. The number of ether oxygens (including phenoxy) is 2. The summed E-state index contributed by atoms with van der Waals surface area (Å²) in [6.07, 6.45) is 1.28. The summed E-state index contributed by atoms with van der Waals surface area (Å²) in [6.45, 7) is 0.720. The first-order valence-corrected chi connectivity index (χ1v) is 8.60. The van der Waals surface area contributed by atoms with Crippen molar-refractivity contribution >= 4 is 27.3 Å². The van der Waals surface area contributed by atoms with Gasteiger partial charge in [-0.2, -0.15) is 0 Å². The number of rotatable bonds is 7. The third-order valence-corrected chi connectivity index (χ3v) is 4.62. The van der Waals surface area contributed by atoms with E-state index in [4.69, 9.17) is 9.47 Å². The molecule has 0 spiro atoms. The molecule has 1 heterocycles. The summed E-state index contributed by atoms with van der Waals surface area (Å²) in [6, 6.07) is 4.87. The van der Waals surface area contributed by atoms with Gasteiger partial charge in [-0.3, -0.25) is 9.52 Å². The number of nitrogens with one attached hydrogen (secondary N) is 1. The van der Waals surface area contributed by atoms with Gasteiger partial charge in [-0.25, -0.2) is 8.42 Å². The zero-order chi connectivity index (χ0) is 16.2. The van der Waals surface area contributed by atoms with Crippen LogP contribution >= 0.6 is 0 Å². The second-order valence-corrected chi connectivity index (χ2v) is 6.79. The van der Waals surface area contributed by atoms with Crippen LogP contribution in [0.3, 0.4) is 0 Å². The molecule has 0 saturated carbocycles. The van der Waals surface area contributed by atoms with Gasteiger partial charge in [0.05, 0.1) is 30.8 Å². The average molecular weight is 328 g/mol. The highest BCUT2D eigenvalue weighted by molar-refractivity contribution is 7.92. The number of hydrogen-bond donors (Lipinski definition) is 1. The van der Waals surface area contributed by atoms with Gasteiger partial charge in [0, 0.05) is 20.1 Å². The van der Waals surface area contributed by atoms with E-state index in [-0.39, 0.29) is 18.3 Å². The molecule has 0 aliphatic carbocycles. The Balaban J connectivity index is 2.25. The highest BCUT2D eigenvalue weighted by atomic mass is 32.2. The Hall–Kier alpha value is -1.80. The average Bonchev–Trinajstić information content (AvgIpc) is 2.91. The Morgan fingerprint density at radius 3 is 2.68 bits per heavy atom. The SMILES string of the molecule is COCCS(=O)(=O)Nc1ccc(OC)c(N2CCCC2=O)c1. The van der Waals surface area contributed by atoms with Crippen molar-refractivity contribution in [1.29, 1.82) is 0 Å². The van der Waals surface area contributed by atoms with E-state index in [2.05, 4.69) is 4.72 Å². The zero-order valence-corrected chi connectivity index (χ0v) is 13.5. The molecule has 0 atom stereocenters. The molecule has 0 radical (unpaired) electrons. The fourth-order valence-electron chi connectivity index (χ4n) is 2.29. The van der Waals surface area contributed by atoms with E-state index in [1.54, 1.807) is 23.1 Å². The van der Waals surface area contributed by atoms with E-state index < -0.39 is 10.0 Å². The minimum absolute atomic E-state index is 0.0118. The number of methoxy groups -OCH3 is 2. The normalized spacial score (nSPS) is 15.2. The number of sulfonamides is 1. The Bertz CT molecular complexity index is 645. The van der Waals surface area contributed by atoms with E-state index in [9.17, 15) is 13.2 Å². The fraction of sp³-hybridized carbons (Fsp3) is 0.500. The maximum absolute atomic E-state index is 11.9. The number of benzene rings is 1. The van der Waals surface area contributed by atoms with Crippen molar-refractivity contribution in [2.45, 2.75) is 12.8 Å². The van der Waals surface area contributed by atoms with Crippen molar-refractivity contribution in [2.24, 2.45) is 0 Å². The molecule has 7 nitrogen and oxygen atoms in total. The van der Waals surface area contributed by atoms with E-state index in [1.807, 2.05) is 0 Å². The van der Waals surface area contributed by atoms with Gasteiger partial charge in [-0.1, -0.05) is 0 Å². The summed E-state index contributed by atoms with van der Waals surface area (Å²) >= 11 is 0. The number of anilines is 2. The number of nitrogens with zero attached hydrogens (tertiary/aromatic N) is 1. The highest BCUT2D eigenvalue weighted by Crippen LogP contribution is 2.34. The predicted octanol–water partition coefficient (Wildman–Crippen LogP) is 1.21. The van der Waals surface area contributed by atoms with Crippen LogP contribution in [0.5, 0.6) is 5.75 Å². The summed E-state index contributed by atoms with van der Waals surface area (Å²) in [7, 11) is -0.529. The highest BCUT2D eigenvalue weighted by Gasteiger charge is 2.25. The molecule has 1 saturated heterocycles. The van der Waals surface area contributed by atoms with E-state index >= 15 is 0 Å². The monoisotopic (exact) mass is 328 g/mol. The topological polar surface area (TPSA) is 84.9 Å². The predicted molar refractivity (Wildman–Crippen MR) is 83.9 cm³/mol. The molecule has 0 bridgehead atoms. The molecular formula is C14H20N2O5S. The first-order chi connectivity index (χ1) is 10.5. The van der Waals surface area contributed by atoms with Crippen LogP contribution in [0.25, 0.3) is 0 Å². The molecular weight excluding hydrogens is 308 g/mol. The van der Waals surface area contributed by atoms with Crippen LogP contribution in [0.4, 0.5) is 11.4 Å². The van der Waals surface area contributed by atoms with Crippen molar-refractivity contribution in [3.8, 4) is 5.75 Å². The van der Waals surface area contributed by atoms with Gasteiger partial charge in [0.15, 0.2) is 0 Å². The van der Waals surface area contributed by atoms with Gasteiger partial charge in [-0.05, 0) is 24.6 Å². The van der Waals surface area contributed by atoms with Gasteiger partial charge >= 0.3 is 0 Å². The minimum atomic E-state index is -3.49. The Labute approximate surface area is 130 Å². The van der Waals surface area contributed by atoms with Crippen molar-refractivity contribution in [3.05, 3.63) is 18.2 Å². The van der Waals surface area contributed by atoms with Gasteiger partial charge in [0.1, 0.15) is 5.75 Å². The third kappa shape index (κ3) is 3.89. The molecule has 1 aliphatic rings. The molecule has 1 aromatic carbocycles. The van der Waals surface area contributed by atoms with Crippen LogP contribution in [0, 0.1) is 0 Å². The largest absolute Gasteiger partial charge is 0.495 e. The lowest BCUT2D eigenvalue weighted by molar-refractivity contribution is -0.117. The first-order valence-electron chi connectivity index (χ1n) is 6.94. The van der Waals surface area contributed by atoms with E-state index in [0.717, 1.165) is 6.42 Å². The van der Waals surface area contributed by atoms with Gasteiger partial charge in [0.25, 0.3) is 0 Å². The summed E-state index contributed by atoms with van der Waals surface area (Å²) < 4.78 is 36.3. The molecule has 8 heteroatoms. The van der Waals surface area contributed by atoms with Crippen LogP contribution in [0.2, 0.25) is 0 Å². The maximum Gasteiger partial charge on any atom is 0.235 e. The molecule has 2 rings (SSSR count). The Kier molecular flexibility index (Phi) is 5.25. The summed E-state index contributed by atoms with van der Waals surface area (Å²) in [5, 5.41) is 0. The minimum Gasteiger partial charge on any atom is -0.495 e. The number of amides is 1. The maximum atomic E-state index is 11.9. The van der Waals surface area contributed by atoms with Crippen molar-refractivity contribution in [2.75, 3.05) is 42.7 Å². The summed E-state index contributed by atoms with van der Waals surface area (Å²) in [5.74, 6) is 0.417. The van der Waals surface area contributed by atoms with Crippen molar-refractivity contribution < 1.29 is 22.7 Å². The standard InChI is InChI=1S/C14H20N2O5S/c1-20-8-9-22(18,19)15-11-5-6-13(21-2)12(10-11)16-7-3-4-14(16)17/h5-6,10,15H,3-4,7-9H2,1-2H3. The second-order valence-electron chi connectivity index (χ2n) is 4.95. The van der Waals surface area contributed by atoms with Crippen LogP contribution in [0.1, 0.15) is 12.8 Å². The number of carbonyl (C=O) groups excluding carboxylic acids is 1. The molecule has 0 aromatic heterocycles. The van der Waals surface area contributed by atoms with Gasteiger partial charge < -0.3 is 14.4 Å². The summed E-state index contributed by atoms with van der Waals surface area (Å²) in [5.41, 5.74) is 0.976.